The van der Waals surface area contributed by atoms with E-state index in [-0.39, 0.29) is 10.8 Å². The first kappa shape index (κ1) is 18.7. The Labute approximate surface area is 165 Å². The normalized spacial score (nSPS) is 17.5. The van der Waals surface area contributed by atoms with Crippen LogP contribution in [-0.2, 0) is 14.8 Å². The van der Waals surface area contributed by atoms with Gasteiger partial charge in [-0.3, -0.25) is 4.79 Å². The van der Waals surface area contributed by atoms with Crippen molar-refractivity contribution in [1.82, 2.24) is 4.31 Å². The van der Waals surface area contributed by atoms with Gasteiger partial charge in [0.15, 0.2) is 0 Å². The second-order valence-corrected chi connectivity index (χ2v) is 8.80. The molecule has 2 aromatic rings. The van der Waals surface area contributed by atoms with Gasteiger partial charge in [-0.1, -0.05) is 36.4 Å². The van der Waals surface area contributed by atoms with Gasteiger partial charge >= 0.3 is 0 Å². The van der Waals surface area contributed by atoms with E-state index < -0.39 is 10.0 Å². The SMILES string of the molecule is CC(=O)N1CCOc2ccc(S(=O)(=O)N3CC=C(c4ccccc4)CC3)cc21. The van der Waals surface area contributed by atoms with Crippen molar-refractivity contribution in [3.05, 3.63) is 60.2 Å². The Balaban J connectivity index is 1.60. The van der Waals surface area contributed by atoms with Gasteiger partial charge in [-0.2, -0.15) is 4.31 Å². The van der Waals surface area contributed by atoms with Gasteiger partial charge in [0.2, 0.25) is 15.9 Å². The molecule has 0 spiro atoms. The number of ether oxygens (including phenoxy) is 1. The maximum absolute atomic E-state index is 13.1. The van der Waals surface area contributed by atoms with Crippen molar-refractivity contribution < 1.29 is 17.9 Å². The van der Waals surface area contributed by atoms with Gasteiger partial charge in [0.25, 0.3) is 0 Å². The summed E-state index contributed by atoms with van der Waals surface area (Å²) < 4.78 is 33.3. The number of carbonyl (C=O) groups excluding carboxylic acids is 1. The van der Waals surface area contributed by atoms with Crippen LogP contribution in [-0.4, -0.2) is 44.9 Å². The fourth-order valence-electron chi connectivity index (χ4n) is 3.62. The van der Waals surface area contributed by atoms with Crippen molar-refractivity contribution >= 4 is 27.2 Å². The highest BCUT2D eigenvalue weighted by atomic mass is 32.2. The Bertz CT molecular complexity index is 1030. The Kier molecular flexibility index (Phi) is 4.95. The molecule has 28 heavy (non-hydrogen) atoms. The molecule has 2 aliphatic rings. The van der Waals surface area contributed by atoms with E-state index in [0.717, 1.165) is 11.1 Å². The number of sulfonamides is 1. The van der Waals surface area contributed by atoms with Gasteiger partial charge in [0.05, 0.1) is 17.1 Å². The van der Waals surface area contributed by atoms with E-state index in [1.165, 1.54) is 11.2 Å². The van der Waals surface area contributed by atoms with E-state index in [9.17, 15) is 13.2 Å². The van der Waals surface area contributed by atoms with Gasteiger partial charge in [0.1, 0.15) is 12.4 Å². The first-order valence-corrected chi connectivity index (χ1v) is 10.7. The van der Waals surface area contributed by atoms with E-state index in [0.29, 0.717) is 44.1 Å². The average molecular weight is 398 g/mol. The molecule has 0 radical (unpaired) electrons. The van der Waals surface area contributed by atoms with E-state index in [4.69, 9.17) is 4.74 Å². The van der Waals surface area contributed by atoms with E-state index in [1.54, 1.807) is 23.1 Å². The summed E-state index contributed by atoms with van der Waals surface area (Å²) in [6.45, 7) is 3.04. The number of anilines is 1. The number of carbonyl (C=O) groups is 1. The molecule has 2 heterocycles. The molecule has 0 atom stereocenters. The molecular weight excluding hydrogens is 376 g/mol. The lowest BCUT2D eigenvalue weighted by Gasteiger charge is -2.30. The average Bonchev–Trinajstić information content (AvgIpc) is 2.73. The molecule has 0 aliphatic carbocycles. The number of hydrogen-bond donors (Lipinski definition) is 0. The van der Waals surface area contributed by atoms with Crippen molar-refractivity contribution in [2.45, 2.75) is 18.2 Å². The van der Waals surface area contributed by atoms with Crippen molar-refractivity contribution in [2.24, 2.45) is 0 Å². The fourth-order valence-corrected chi connectivity index (χ4v) is 5.02. The molecule has 0 unspecified atom stereocenters. The van der Waals surface area contributed by atoms with Crippen molar-refractivity contribution in [3.63, 3.8) is 0 Å². The minimum absolute atomic E-state index is 0.132. The Morgan fingerprint density at radius 1 is 1.07 bits per heavy atom. The molecule has 1 amide bonds. The van der Waals surface area contributed by atoms with Gasteiger partial charge in [-0.05, 0) is 35.8 Å². The summed E-state index contributed by atoms with van der Waals surface area (Å²) >= 11 is 0. The van der Waals surface area contributed by atoms with Crippen LogP contribution >= 0.6 is 0 Å². The lowest BCUT2D eigenvalue weighted by atomic mass is 10.0. The standard InChI is InChI=1S/C21H22N2O4S/c1-16(24)23-13-14-27-21-8-7-19(15-20(21)23)28(25,26)22-11-9-18(10-12-22)17-5-3-2-4-6-17/h2-9,15H,10-14H2,1H3. The highest BCUT2D eigenvalue weighted by Crippen LogP contribution is 2.35. The first-order valence-electron chi connectivity index (χ1n) is 9.26. The van der Waals surface area contributed by atoms with Crippen LogP contribution < -0.4 is 9.64 Å². The third-order valence-corrected chi connectivity index (χ3v) is 6.99. The minimum Gasteiger partial charge on any atom is -0.490 e. The summed E-state index contributed by atoms with van der Waals surface area (Å²) in [5.74, 6) is 0.401. The topological polar surface area (TPSA) is 66.9 Å². The zero-order chi connectivity index (χ0) is 19.7. The summed E-state index contributed by atoms with van der Waals surface area (Å²) in [7, 11) is -3.66. The quantitative estimate of drug-likeness (QED) is 0.797. The predicted molar refractivity (Wildman–Crippen MR) is 108 cm³/mol. The lowest BCUT2D eigenvalue weighted by molar-refractivity contribution is -0.116. The second-order valence-electron chi connectivity index (χ2n) is 6.86. The monoisotopic (exact) mass is 398 g/mol. The van der Waals surface area contributed by atoms with Crippen molar-refractivity contribution in [1.29, 1.82) is 0 Å². The predicted octanol–water partition coefficient (Wildman–Crippen LogP) is 2.91. The molecular formula is C21H22N2O4S. The third kappa shape index (κ3) is 3.43. The number of rotatable bonds is 3. The van der Waals surface area contributed by atoms with Crippen LogP contribution in [0.2, 0.25) is 0 Å². The van der Waals surface area contributed by atoms with Crippen LogP contribution in [0, 0.1) is 0 Å². The lowest BCUT2D eigenvalue weighted by Crippen LogP contribution is -2.37. The van der Waals surface area contributed by atoms with Crippen LogP contribution in [0.4, 0.5) is 5.69 Å². The number of amides is 1. The summed E-state index contributed by atoms with van der Waals surface area (Å²) in [4.78, 5) is 13.6. The van der Waals surface area contributed by atoms with E-state index >= 15 is 0 Å². The number of nitrogens with zero attached hydrogens (tertiary/aromatic N) is 2. The summed E-state index contributed by atoms with van der Waals surface area (Å²) in [6.07, 6.45) is 2.64. The maximum Gasteiger partial charge on any atom is 0.243 e. The zero-order valence-electron chi connectivity index (χ0n) is 15.7. The van der Waals surface area contributed by atoms with Crippen LogP contribution in [0.3, 0.4) is 0 Å². The molecule has 7 heteroatoms. The van der Waals surface area contributed by atoms with Crippen LogP contribution in [0.15, 0.2) is 59.5 Å². The highest BCUT2D eigenvalue weighted by molar-refractivity contribution is 7.89. The zero-order valence-corrected chi connectivity index (χ0v) is 16.5. The van der Waals surface area contributed by atoms with Crippen molar-refractivity contribution in [3.8, 4) is 5.75 Å². The van der Waals surface area contributed by atoms with Crippen LogP contribution in [0.5, 0.6) is 5.75 Å². The molecule has 0 N–H and O–H groups in total. The molecule has 2 aromatic carbocycles. The Morgan fingerprint density at radius 3 is 2.54 bits per heavy atom. The van der Waals surface area contributed by atoms with E-state index in [1.807, 2.05) is 36.4 Å². The molecule has 4 rings (SSSR count). The first-order chi connectivity index (χ1) is 13.5. The number of hydrogen-bond acceptors (Lipinski definition) is 4. The fraction of sp³-hybridized carbons (Fsp3) is 0.286. The molecule has 6 nitrogen and oxygen atoms in total. The Morgan fingerprint density at radius 2 is 1.86 bits per heavy atom. The second kappa shape index (κ2) is 7.41. The van der Waals surface area contributed by atoms with Crippen LogP contribution in [0.25, 0.3) is 5.57 Å². The molecule has 0 bridgehead atoms. The number of benzene rings is 2. The molecule has 2 aliphatic heterocycles. The molecule has 0 aromatic heterocycles. The van der Waals surface area contributed by atoms with Gasteiger partial charge in [0, 0.05) is 20.0 Å². The van der Waals surface area contributed by atoms with Gasteiger partial charge in [-0.15, -0.1) is 0 Å². The highest BCUT2D eigenvalue weighted by Gasteiger charge is 2.29. The van der Waals surface area contributed by atoms with Crippen LogP contribution in [0.1, 0.15) is 18.9 Å². The largest absolute Gasteiger partial charge is 0.490 e. The molecule has 0 fully saturated rings. The number of fused-ring (bicyclic) bond motifs is 1. The van der Waals surface area contributed by atoms with Gasteiger partial charge < -0.3 is 9.64 Å². The summed E-state index contributed by atoms with van der Waals surface area (Å²) in [5.41, 5.74) is 2.80. The summed E-state index contributed by atoms with van der Waals surface area (Å²) in [6, 6.07) is 14.7. The Hall–Kier alpha value is -2.64. The smallest absolute Gasteiger partial charge is 0.243 e. The third-order valence-electron chi connectivity index (χ3n) is 5.13. The minimum atomic E-state index is -3.66. The summed E-state index contributed by atoms with van der Waals surface area (Å²) in [5, 5.41) is 0. The van der Waals surface area contributed by atoms with Gasteiger partial charge in [-0.25, -0.2) is 8.42 Å². The van der Waals surface area contributed by atoms with E-state index in [2.05, 4.69) is 0 Å². The molecule has 0 saturated heterocycles. The van der Waals surface area contributed by atoms with Crippen molar-refractivity contribution in [2.75, 3.05) is 31.1 Å². The maximum atomic E-state index is 13.1. The molecule has 0 saturated carbocycles. The molecule has 146 valence electrons.